The molecule has 15 heavy (non-hydrogen) atoms. The van der Waals surface area contributed by atoms with Gasteiger partial charge in [-0.25, -0.2) is 4.79 Å². The van der Waals surface area contributed by atoms with Crippen LogP contribution >= 0.6 is 0 Å². The van der Waals surface area contributed by atoms with Crippen LogP contribution in [0.15, 0.2) is 0 Å². The van der Waals surface area contributed by atoms with Crippen LogP contribution in [0.25, 0.3) is 0 Å². The average Bonchev–Trinajstić information content (AvgIpc) is 2.09. The number of carboxylic acid groups (broad SMARTS) is 1. The Kier molecular flexibility index (Phi) is 5.19. The Morgan fingerprint density at radius 1 is 1.47 bits per heavy atom. The maximum Gasteiger partial charge on any atom is 0.333 e. The summed E-state index contributed by atoms with van der Waals surface area (Å²) in [4.78, 5) is 20.9. The van der Waals surface area contributed by atoms with Crippen LogP contribution in [0.3, 0.4) is 0 Å². The molecule has 0 heterocycles. The van der Waals surface area contributed by atoms with Gasteiger partial charge in [0.15, 0.2) is 6.61 Å². The Balaban J connectivity index is 3.82. The van der Waals surface area contributed by atoms with E-state index < -0.39 is 41.3 Å². The highest BCUT2D eigenvalue weighted by Gasteiger charge is 2.15. The first-order valence-electron chi connectivity index (χ1n) is 3.71. The molecular formula is C6H11NO7S. The number of carboxylic acids is 1. The maximum atomic E-state index is 10.8. The van der Waals surface area contributed by atoms with Crippen LogP contribution in [0.4, 0.5) is 0 Å². The Morgan fingerprint density at radius 3 is 2.40 bits per heavy atom. The van der Waals surface area contributed by atoms with E-state index in [1.807, 2.05) is 0 Å². The molecule has 0 spiro atoms. The number of nitrogens with two attached hydrogens (primary N) is 1. The van der Waals surface area contributed by atoms with Gasteiger partial charge < -0.3 is 15.6 Å². The Morgan fingerprint density at radius 2 is 2.00 bits per heavy atom. The smallest absolute Gasteiger partial charge is 0.333 e. The average molecular weight is 241 g/mol. The van der Waals surface area contributed by atoms with E-state index in [1.165, 1.54) is 0 Å². The van der Waals surface area contributed by atoms with Crippen molar-refractivity contribution >= 4 is 22.1 Å². The van der Waals surface area contributed by atoms with Gasteiger partial charge in [0.25, 0.3) is 10.1 Å². The molecule has 0 fully saturated rings. The summed E-state index contributed by atoms with van der Waals surface area (Å²) in [6.45, 7) is -1.34. The molecule has 0 aromatic heterocycles. The molecule has 0 saturated carbocycles. The van der Waals surface area contributed by atoms with Crippen molar-refractivity contribution in [1.29, 1.82) is 0 Å². The monoisotopic (exact) mass is 241 g/mol. The summed E-state index contributed by atoms with van der Waals surface area (Å²) in [5, 5.41) is 8.31. The van der Waals surface area contributed by atoms with Gasteiger partial charge in [-0.3, -0.25) is 8.98 Å². The predicted molar refractivity (Wildman–Crippen MR) is 47.4 cm³/mol. The molecule has 3 N–H and O–H groups in total. The summed E-state index contributed by atoms with van der Waals surface area (Å²) in [5.74, 6) is -2.33. The fraction of sp³-hybridized carbons (Fsp3) is 0.667. The maximum absolute atomic E-state index is 10.8. The zero-order valence-corrected chi connectivity index (χ0v) is 8.69. The second kappa shape index (κ2) is 5.63. The minimum atomic E-state index is -3.72. The van der Waals surface area contributed by atoms with Crippen molar-refractivity contribution in [1.82, 2.24) is 0 Å². The van der Waals surface area contributed by atoms with Crippen molar-refractivity contribution in [2.45, 2.75) is 6.04 Å². The molecule has 0 rings (SSSR count). The number of carbonyl (C=O) groups excluding carboxylic acids is 1. The fourth-order valence-electron chi connectivity index (χ4n) is 0.451. The van der Waals surface area contributed by atoms with Crippen LogP contribution in [-0.2, 0) is 28.6 Å². The summed E-state index contributed by atoms with van der Waals surface area (Å²) >= 11 is 0. The quantitative estimate of drug-likeness (QED) is 0.399. The lowest BCUT2D eigenvalue weighted by Gasteiger charge is -2.07. The molecule has 1 unspecified atom stereocenters. The van der Waals surface area contributed by atoms with Crippen molar-refractivity contribution in [3.05, 3.63) is 0 Å². The molecule has 0 aliphatic heterocycles. The third-order valence-corrected chi connectivity index (χ3v) is 1.68. The highest BCUT2D eigenvalue weighted by Crippen LogP contribution is 1.90. The number of esters is 1. The molecule has 0 aliphatic rings. The summed E-state index contributed by atoms with van der Waals surface area (Å²) in [7, 11) is -3.72. The number of hydrogen-bond acceptors (Lipinski definition) is 7. The molecule has 8 nitrogen and oxygen atoms in total. The van der Waals surface area contributed by atoms with Crippen molar-refractivity contribution in [2.75, 3.05) is 19.5 Å². The molecule has 0 amide bonds. The largest absolute Gasteiger partial charge is 0.480 e. The molecule has 0 bridgehead atoms. The first-order chi connectivity index (χ1) is 6.72. The van der Waals surface area contributed by atoms with Gasteiger partial charge in [-0.15, -0.1) is 0 Å². The topological polar surface area (TPSA) is 133 Å². The Bertz CT molecular complexity index is 335. The van der Waals surface area contributed by atoms with Crippen molar-refractivity contribution < 1.29 is 32.0 Å². The van der Waals surface area contributed by atoms with Gasteiger partial charge in [0.1, 0.15) is 12.6 Å². The Labute approximate surface area is 86.1 Å². The summed E-state index contributed by atoms with van der Waals surface area (Å²) in [6.07, 6.45) is 0.767. The predicted octanol–water partition coefficient (Wildman–Crippen LogP) is -2.08. The van der Waals surface area contributed by atoms with Gasteiger partial charge in [0, 0.05) is 0 Å². The molecule has 0 aromatic carbocycles. The van der Waals surface area contributed by atoms with Gasteiger partial charge in [-0.1, -0.05) is 0 Å². The van der Waals surface area contributed by atoms with Gasteiger partial charge in [0.05, 0.1) is 6.26 Å². The number of carbonyl (C=O) groups is 2. The number of aliphatic carboxylic acids is 1. The first kappa shape index (κ1) is 13.8. The van der Waals surface area contributed by atoms with E-state index in [-0.39, 0.29) is 0 Å². The van der Waals surface area contributed by atoms with E-state index >= 15 is 0 Å². The fourth-order valence-corrected chi connectivity index (χ4v) is 0.761. The van der Waals surface area contributed by atoms with Gasteiger partial charge in [0.2, 0.25) is 0 Å². The van der Waals surface area contributed by atoms with Gasteiger partial charge >= 0.3 is 11.9 Å². The second-order valence-electron chi connectivity index (χ2n) is 2.59. The number of ether oxygens (including phenoxy) is 1. The summed E-state index contributed by atoms with van der Waals surface area (Å²) < 4.78 is 29.3. The Hall–Kier alpha value is -1.19. The van der Waals surface area contributed by atoms with Crippen molar-refractivity contribution in [3.8, 4) is 0 Å². The second-order valence-corrected chi connectivity index (χ2v) is 4.24. The lowest BCUT2D eigenvalue weighted by atomic mass is 10.3. The van der Waals surface area contributed by atoms with Gasteiger partial charge in [-0.05, 0) is 0 Å². The van der Waals surface area contributed by atoms with Crippen molar-refractivity contribution in [2.24, 2.45) is 5.73 Å². The molecule has 9 heteroatoms. The third kappa shape index (κ3) is 7.85. The zero-order chi connectivity index (χ0) is 12.1. The van der Waals surface area contributed by atoms with E-state index in [2.05, 4.69) is 8.92 Å². The molecular weight excluding hydrogens is 230 g/mol. The summed E-state index contributed by atoms with van der Waals surface area (Å²) in [5.41, 5.74) is 5.01. The molecule has 0 saturated heterocycles. The molecule has 88 valence electrons. The third-order valence-electron chi connectivity index (χ3n) is 1.13. The molecule has 0 aliphatic carbocycles. The van der Waals surface area contributed by atoms with Crippen LogP contribution in [0, 0.1) is 0 Å². The van der Waals surface area contributed by atoms with E-state index in [0.29, 0.717) is 0 Å². The zero-order valence-electron chi connectivity index (χ0n) is 7.87. The van der Waals surface area contributed by atoms with Crippen LogP contribution in [0.1, 0.15) is 0 Å². The number of rotatable bonds is 6. The van der Waals surface area contributed by atoms with Crippen molar-refractivity contribution in [3.63, 3.8) is 0 Å². The molecule has 0 radical (unpaired) electrons. The lowest BCUT2D eigenvalue weighted by Crippen LogP contribution is -2.36. The van der Waals surface area contributed by atoms with Crippen LogP contribution < -0.4 is 5.73 Å². The van der Waals surface area contributed by atoms with Gasteiger partial charge in [-0.2, -0.15) is 8.42 Å². The van der Waals surface area contributed by atoms with Crippen LogP contribution in [0.5, 0.6) is 0 Å². The van der Waals surface area contributed by atoms with E-state index in [4.69, 9.17) is 10.8 Å². The first-order valence-corrected chi connectivity index (χ1v) is 5.52. The van der Waals surface area contributed by atoms with E-state index in [1.54, 1.807) is 0 Å². The molecule has 0 aromatic rings. The lowest BCUT2D eigenvalue weighted by molar-refractivity contribution is -0.149. The standard InChI is InChI=1S/C6H11NO7S/c1-15(11,12)14-3-5(8)13-2-4(7)6(9)10/h4H,2-3,7H2,1H3,(H,9,10). The van der Waals surface area contributed by atoms with E-state index in [0.717, 1.165) is 6.26 Å². The summed E-state index contributed by atoms with van der Waals surface area (Å²) in [6, 6.07) is -1.34. The normalized spacial score (nSPS) is 13.2. The minimum absolute atomic E-state index is 0.540. The number of hydrogen-bond donors (Lipinski definition) is 2. The van der Waals surface area contributed by atoms with Crippen LogP contribution in [-0.4, -0.2) is 51.0 Å². The van der Waals surface area contributed by atoms with Crippen LogP contribution in [0.2, 0.25) is 0 Å². The molecule has 1 atom stereocenters. The van der Waals surface area contributed by atoms with E-state index in [9.17, 15) is 18.0 Å². The minimum Gasteiger partial charge on any atom is -0.480 e. The highest BCUT2D eigenvalue weighted by atomic mass is 32.2. The highest BCUT2D eigenvalue weighted by molar-refractivity contribution is 7.86. The SMILES string of the molecule is CS(=O)(=O)OCC(=O)OCC(N)C(=O)O.